The zero-order chi connectivity index (χ0) is 12.7. The Labute approximate surface area is 98.2 Å². The first-order chi connectivity index (χ1) is 8.19. The number of nitrogens with one attached hydrogen (secondary N) is 1. The Balaban J connectivity index is 2.64. The third-order valence-electron chi connectivity index (χ3n) is 2.08. The zero-order valence-electron chi connectivity index (χ0n) is 9.54. The second kappa shape index (κ2) is 6.94. The third-order valence-corrected chi connectivity index (χ3v) is 2.08. The number of nitrogens with zero attached hydrogens (tertiary/aromatic N) is 3. The van der Waals surface area contributed by atoms with Crippen LogP contribution >= 0.6 is 0 Å². The number of aliphatic hydroxyl groups excluding tert-OH is 1. The van der Waals surface area contributed by atoms with Crippen molar-refractivity contribution in [1.29, 1.82) is 0 Å². The van der Waals surface area contributed by atoms with Crippen molar-refractivity contribution < 1.29 is 19.7 Å². The number of methoxy groups -OCH3 is 1. The van der Waals surface area contributed by atoms with E-state index in [2.05, 4.69) is 15.6 Å². The van der Waals surface area contributed by atoms with Crippen LogP contribution in [0.1, 0.15) is 11.7 Å². The lowest BCUT2D eigenvalue weighted by molar-refractivity contribution is -0.139. The molecular formula is C9H16N4O4. The molecular weight excluding hydrogens is 228 g/mol. The van der Waals surface area contributed by atoms with Gasteiger partial charge < -0.3 is 14.9 Å². The van der Waals surface area contributed by atoms with Crippen LogP contribution in [0.2, 0.25) is 0 Å². The quantitative estimate of drug-likeness (QED) is 0.484. The zero-order valence-corrected chi connectivity index (χ0v) is 9.54. The van der Waals surface area contributed by atoms with Gasteiger partial charge in [0.2, 0.25) is 0 Å². The lowest BCUT2D eigenvalue weighted by Crippen LogP contribution is -2.31. The molecule has 1 aromatic heterocycles. The highest BCUT2D eigenvalue weighted by molar-refractivity contribution is 5.74. The maximum atomic E-state index is 11.0. The minimum Gasteiger partial charge on any atom is -0.480 e. The molecule has 0 amide bonds. The van der Waals surface area contributed by atoms with Crippen molar-refractivity contribution in [2.24, 2.45) is 0 Å². The number of hydrogen-bond donors (Lipinski definition) is 3. The van der Waals surface area contributed by atoms with E-state index in [1.165, 1.54) is 18.0 Å². The number of aliphatic carboxylic acids is 1. The largest absolute Gasteiger partial charge is 0.480 e. The van der Waals surface area contributed by atoms with Gasteiger partial charge >= 0.3 is 5.97 Å². The lowest BCUT2D eigenvalue weighted by Gasteiger charge is -2.10. The summed E-state index contributed by atoms with van der Waals surface area (Å²) in [6, 6.07) is -0.919. The molecule has 0 fully saturated rings. The van der Waals surface area contributed by atoms with Gasteiger partial charge in [-0.2, -0.15) is 0 Å². The van der Waals surface area contributed by atoms with E-state index in [0.29, 0.717) is 18.8 Å². The number of carbonyl (C=O) groups is 1. The van der Waals surface area contributed by atoms with Crippen LogP contribution in [0.15, 0.2) is 6.20 Å². The fraction of sp³-hybridized carbons (Fsp3) is 0.667. The van der Waals surface area contributed by atoms with Crippen LogP contribution in [0.5, 0.6) is 0 Å². The molecule has 17 heavy (non-hydrogen) atoms. The molecule has 0 aliphatic carbocycles. The summed E-state index contributed by atoms with van der Waals surface area (Å²) in [7, 11) is 1.54. The van der Waals surface area contributed by atoms with Crippen LogP contribution in [0.4, 0.5) is 0 Å². The molecule has 0 bridgehead atoms. The van der Waals surface area contributed by atoms with Crippen LogP contribution in [-0.2, 0) is 16.1 Å². The van der Waals surface area contributed by atoms with E-state index in [1.54, 1.807) is 0 Å². The maximum absolute atomic E-state index is 11.0. The highest BCUT2D eigenvalue weighted by Gasteiger charge is 2.22. The lowest BCUT2D eigenvalue weighted by atomic mass is 10.2. The molecule has 0 aromatic carbocycles. The number of rotatable bonds is 8. The van der Waals surface area contributed by atoms with Crippen LogP contribution in [-0.4, -0.2) is 58.0 Å². The Morgan fingerprint density at radius 1 is 1.71 bits per heavy atom. The van der Waals surface area contributed by atoms with Crippen LogP contribution in [0.3, 0.4) is 0 Å². The van der Waals surface area contributed by atoms with E-state index in [1.807, 2.05) is 0 Å². The van der Waals surface area contributed by atoms with E-state index >= 15 is 0 Å². The Hall–Kier alpha value is -1.51. The molecule has 0 spiro atoms. The van der Waals surface area contributed by atoms with Gasteiger partial charge in [-0.05, 0) is 0 Å². The summed E-state index contributed by atoms with van der Waals surface area (Å²) >= 11 is 0. The van der Waals surface area contributed by atoms with Crippen molar-refractivity contribution >= 4 is 5.97 Å². The smallest absolute Gasteiger partial charge is 0.327 e. The fourth-order valence-corrected chi connectivity index (χ4v) is 1.28. The predicted octanol–water partition coefficient (Wildman–Crippen LogP) is -1.37. The summed E-state index contributed by atoms with van der Waals surface area (Å²) in [5.74, 6) is -1.03. The normalized spacial score (nSPS) is 12.6. The van der Waals surface area contributed by atoms with Crippen LogP contribution in [0.25, 0.3) is 0 Å². The standard InChI is InChI=1S/C9H16N4O4/c1-17-5-2-10-8(9(15)16)7-6-13(3-4-14)12-11-7/h6,8,10,14H,2-5H2,1H3,(H,15,16). The van der Waals surface area contributed by atoms with E-state index in [9.17, 15) is 4.79 Å². The molecule has 1 aromatic rings. The first kappa shape index (κ1) is 13.6. The Morgan fingerprint density at radius 2 is 2.47 bits per heavy atom. The second-order valence-electron chi connectivity index (χ2n) is 3.35. The molecule has 0 radical (unpaired) electrons. The summed E-state index contributed by atoms with van der Waals surface area (Å²) in [5, 5.41) is 28.0. The summed E-state index contributed by atoms with van der Waals surface area (Å²) in [6.45, 7) is 1.03. The molecule has 1 rings (SSSR count). The number of aromatic nitrogens is 3. The summed E-state index contributed by atoms with van der Waals surface area (Å²) in [4.78, 5) is 11.0. The van der Waals surface area contributed by atoms with Crippen molar-refractivity contribution in [3.63, 3.8) is 0 Å². The average molecular weight is 244 g/mol. The van der Waals surface area contributed by atoms with Crippen molar-refractivity contribution in [2.45, 2.75) is 12.6 Å². The molecule has 8 heteroatoms. The maximum Gasteiger partial charge on any atom is 0.327 e. The van der Waals surface area contributed by atoms with Crippen LogP contribution < -0.4 is 5.32 Å². The Kier molecular flexibility index (Phi) is 5.53. The van der Waals surface area contributed by atoms with E-state index in [4.69, 9.17) is 14.9 Å². The number of ether oxygens (including phenoxy) is 1. The first-order valence-corrected chi connectivity index (χ1v) is 5.15. The van der Waals surface area contributed by atoms with Crippen molar-refractivity contribution in [2.75, 3.05) is 26.9 Å². The molecule has 0 aliphatic rings. The van der Waals surface area contributed by atoms with E-state index in [0.717, 1.165) is 0 Å². The molecule has 1 unspecified atom stereocenters. The van der Waals surface area contributed by atoms with Gasteiger partial charge in [-0.1, -0.05) is 5.21 Å². The van der Waals surface area contributed by atoms with E-state index < -0.39 is 12.0 Å². The summed E-state index contributed by atoms with van der Waals surface area (Å²) < 4.78 is 6.21. The van der Waals surface area contributed by atoms with Gasteiger partial charge in [0.25, 0.3) is 0 Å². The average Bonchev–Trinajstić information content (AvgIpc) is 2.73. The molecule has 96 valence electrons. The summed E-state index contributed by atoms with van der Waals surface area (Å²) in [5.41, 5.74) is 0.307. The minimum absolute atomic E-state index is 0.0718. The van der Waals surface area contributed by atoms with Gasteiger partial charge in [0, 0.05) is 13.7 Å². The molecule has 8 nitrogen and oxygen atoms in total. The number of carboxylic acids is 1. The predicted molar refractivity (Wildman–Crippen MR) is 57.4 cm³/mol. The first-order valence-electron chi connectivity index (χ1n) is 5.15. The topological polar surface area (TPSA) is 110 Å². The highest BCUT2D eigenvalue weighted by Crippen LogP contribution is 2.08. The van der Waals surface area contributed by atoms with Gasteiger partial charge in [0.15, 0.2) is 6.04 Å². The monoisotopic (exact) mass is 244 g/mol. The molecule has 3 N–H and O–H groups in total. The SMILES string of the molecule is COCCNC(C(=O)O)c1cn(CCO)nn1. The van der Waals surface area contributed by atoms with E-state index in [-0.39, 0.29) is 13.2 Å². The van der Waals surface area contributed by atoms with Gasteiger partial charge in [0.1, 0.15) is 5.69 Å². The van der Waals surface area contributed by atoms with Crippen molar-refractivity contribution in [3.05, 3.63) is 11.9 Å². The molecule has 1 atom stereocenters. The van der Waals surface area contributed by atoms with Gasteiger partial charge in [-0.3, -0.25) is 10.1 Å². The van der Waals surface area contributed by atoms with Gasteiger partial charge in [-0.15, -0.1) is 5.10 Å². The number of aliphatic hydroxyl groups is 1. The van der Waals surface area contributed by atoms with Gasteiger partial charge in [-0.25, -0.2) is 4.68 Å². The minimum atomic E-state index is -1.03. The van der Waals surface area contributed by atoms with Crippen LogP contribution in [0, 0.1) is 0 Å². The Bertz CT molecular complexity index is 355. The fourth-order valence-electron chi connectivity index (χ4n) is 1.28. The molecule has 1 heterocycles. The third kappa shape index (κ3) is 4.10. The molecule has 0 aliphatic heterocycles. The second-order valence-corrected chi connectivity index (χ2v) is 3.35. The Morgan fingerprint density at radius 3 is 3.06 bits per heavy atom. The molecule has 0 saturated carbocycles. The number of hydrogen-bond acceptors (Lipinski definition) is 6. The number of carboxylic acid groups (broad SMARTS) is 1. The van der Waals surface area contributed by atoms with Crippen molar-refractivity contribution in [1.82, 2.24) is 20.3 Å². The molecule has 0 saturated heterocycles. The summed E-state index contributed by atoms with van der Waals surface area (Å²) in [6.07, 6.45) is 1.49. The van der Waals surface area contributed by atoms with Gasteiger partial charge in [0.05, 0.1) is 26.0 Å². The van der Waals surface area contributed by atoms with Crippen molar-refractivity contribution in [3.8, 4) is 0 Å². The highest BCUT2D eigenvalue weighted by atomic mass is 16.5.